The molecule has 0 bridgehead atoms. The third kappa shape index (κ3) is 8.72. The Labute approximate surface area is 183 Å². The summed E-state index contributed by atoms with van der Waals surface area (Å²) in [5.41, 5.74) is 8.55. The number of hydrogen-bond donors (Lipinski definition) is 2. The lowest BCUT2D eigenvalue weighted by molar-refractivity contribution is -0.146. The molecular formula is C24H27NO5S. The van der Waals surface area contributed by atoms with Crippen molar-refractivity contribution in [2.75, 3.05) is 0 Å². The van der Waals surface area contributed by atoms with Crippen LogP contribution in [0.1, 0.15) is 23.1 Å². The molecular weight excluding hydrogens is 414 g/mol. The lowest BCUT2D eigenvalue weighted by Gasteiger charge is -2.11. The molecule has 0 heterocycles. The first-order valence-corrected chi connectivity index (χ1v) is 11.2. The summed E-state index contributed by atoms with van der Waals surface area (Å²) in [5.74, 6) is -0.343. The molecule has 0 spiro atoms. The fourth-order valence-corrected chi connectivity index (χ4v) is 3.49. The smallest absolute Gasteiger partial charge is 0.323 e. The van der Waals surface area contributed by atoms with Gasteiger partial charge in [0.2, 0.25) is 0 Å². The summed E-state index contributed by atoms with van der Waals surface area (Å²) in [6, 6.07) is 25.3. The van der Waals surface area contributed by atoms with E-state index in [2.05, 4.69) is 0 Å². The maximum Gasteiger partial charge on any atom is 0.323 e. The van der Waals surface area contributed by atoms with Crippen molar-refractivity contribution in [1.29, 1.82) is 0 Å². The predicted octanol–water partition coefficient (Wildman–Crippen LogP) is 3.93. The molecule has 0 aromatic heterocycles. The SMILES string of the molecule is Cc1ccccc1S(=O)(=O)O.NC(CCc1ccccc1)C(=O)OCc1ccccc1. The number of carbonyl (C=O) groups excluding carboxylic acids is 1. The molecule has 7 heteroatoms. The molecule has 0 radical (unpaired) electrons. The number of esters is 1. The van der Waals surface area contributed by atoms with Crippen LogP contribution >= 0.6 is 0 Å². The van der Waals surface area contributed by atoms with Gasteiger partial charge in [0.15, 0.2) is 0 Å². The zero-order valence-electron chi connectivity index (χ0n) is 17.3. The first-order chi connectivity index (χ1) is 14.8. The number of benzene rings is 3. The second kappa shape index (κ2) is 12.0. The molecule has 164 valence electrons. The monoisotopic (exact) mass is 441 g/mol. The van der Waals surface area contributed by atoms with Gasteiger partial charge in [0, 0.05) is 0 Å². The number of rotatable bonds is 7. The van der Waals surface area contributed by atoms with E-state index in [1.807, 2.05) is 60.7 Å². The van der Waals surface area contributed by atoms with Crippen LogP contribution in [0.4, 0.5) is 0 Å². The van der Waals surface area contributed by atoms with Crippen LogP contribution in [0.2, 0.25) is 0 Å². The summed E-state index contributed by atoms with van der Waals surface area (Å²) in [6.07, 6.45) is 1.38. The summed E-state index contributed by atoms with van der Waals surface area (Å²) >= 11 is 0. The van der Waals surface area contributed by atoms with Crippen molar-refractivity contribution in [3.05, 3.63) is 102 Å². The summed E-state index contributed by atoms with van der Waals surface area (Å²) < 4.78 is 35.1. The van der Waals surface area contributed by atoms with E-state index in [-0.39, 0.29) is 17.5 Å². The van der Waals surface area contributed by atoms with Crippen molar-refractivity contribution in [2.45, 2.75) is 37.3 Å². The van der Waals surface area contributed by atoms with Crippen LogP contribution in [0.3, 0.4) is 0 Å². The Morgan fingerprint density at radius 2 is 1.42 bits per heavy atom. The molecule has 0 aliphatic heterocycles. The van der Waals surface area contributed by atoms with Gasteiger partial charge in [-0.1, -0.05) is 78.9 Å². The van der Waals surface area contributed by atoms with Crippen molar-refractivity contribution < 1.29 is 22.5 Å². The van der Waals surface area contributed by atoms with Crippen LogP contribution in [0.25, 0.3) is 0 Å². The van der Waals surface area contributed by atoms with Crippen LogP contribution in [-0.2, 0) is 32.7 Å². The topological polar surface area (TPSA) is 107 Å². The summed E-state index contributed by atoms with van der Waals surface area (Å²) in [7, 11) is -4.03. The highest BCUT2D eigenvalue weighted by atomic mass is 32.2. The minimum Gasteiger partial charge on any atom is -0.460 e. The van der Waals surface area contributed by atoms with E-state index in [0.29, 0.717) is 12.0 Å². The van der Waals surface area contributed by atoms with E-state index in [1.165, 1.54) is 11.6 Å². The lowest BCUT2D eigenvalue weighted by atomic mass is 10.1. The first kappa shape index (κ1) is 24.3. The summed E-state index contributed by atoms with van der Waals surface area (Å²) in [5, 5.41) is 0. The zero-order valence-corrected chi connectivity index (χ0v) is 18.2. The Bertz CT molecular complexity index is 1050. The van der Waals surface area contributed by atoms with Gasteiger partial charge in [0.1, 0.15) is 12.6 Å². The number of hydrogen-bond acceptors (Lipinski definition) is 5. The Morgan fingerprint density at radius 3 is 1.94 bits per heavy atom. The second-order valence-corrected chi connectivity index (χ2v) is 8.35. The minimum absolute atomic E-state index is 0.0278. The molecule has 1 atom stereocenters. The van der Waals surface area contributed by atoms with Crippen LogP contribution in [0, 0.1) is 6.92 Å². The van der Waals surface area contributed by atoms with E-state index < -0.39 is 16.2 Å². The first-order valence-electron chi connectivity index (χ1n) is 9.80. The van der Waals surface area contributed by atoms with Gasteiger partial charge in [0.25, 0.3) is 10.1 Å². The normalized spacial score (nSPS) is 11.7. The third-order valence-corrected chi connectivity index (χ3v) is 5.50. The predicted molar refractivity (Wildman–Crippen MR) is 120 cm³/mol. The molecule has 3 aromatic rings. The fraction of sp³-hybridized carbons (Fsp3) is 0.208. The van der Waals surface area contributed by atoms with Crippen LogP contribution in [0.15, 0.2) is 89.8 Å². The molecule has 0 aliphatic rings. The van der Waals surface area contributed by atoms with Gasteiger partial charge in [-0.25, -0.2) is 0 Å². The van der Waals surface area contributed by atoms with Crippen molar-refractivity contribution >= 4 is 16.1 Å². The number of nitrogens with two attached hydrogens (primary N) is 1. The molecule has 3 rings (SSSR count). The van der Waals surface area contributed by atoms with E-state index in [4.69, 9.17) is 15.0 Å². The third-order valence-electron chi connectivity index (χ3n) is 4.49. The molecule has 0 saturated carbocycles. The fourth-order valence-electron chi connectivity index (χ4n) is 2.77. The molecule has 0 saturated heterocycles. The van der Waals surface area contributed by atoms with Crippen molar-refractivity contribution in [1.82, 2.24) is 0 Å². The molecule has 0 fully saturated rings. The van der Waals surface area contributed by atoms with Crippen LogP contribution in [0.5, 0.6) is 0 Å². The van der Waals surface area contributed by atoms with Crippen molar-refractivity contribution in [3.8, 4) is 0 Å². The average molecular weight is 442 g/mol. The zero-order chi connectivity index (χ0) is 22.7. The number of aryl methyl sites for hydroxylation is 2. The number of carbonyl (C=O) groups is 1. The van der Waals surface area contributed by atoms with Gasteiger partial charge in [-0.05, 0) is 42.5 Å². The lowest BCUT2D eigenvalue weighted by Crippen LogP contribution is -2.32. The molecule has 0 aliphatic carbocycles. The van der Waals surface area contributed by atoms with Gasteiger partial charge in [-0.2, -0.15) is 8.42 Å². The molecule has 31 heavy (non-hydrogen) atoms. The van der Waals surface area contributed by atoms with E-state index >= 15 is 0 Å². The van der Waals surface area contributed by atoms with Gasteiger partial charge >= 0.3 is 5.97 Å². The molecule has 1 unspecified atom stereocenters. The molecule has 0 amide bonds. The van der Waals surface area contributed by atoms with Crippen molar-refractivity contribution in [3.63, 3.8) is 0 Å². The highest BCUT2D eigenvalue weighted by molar-refractivity contribution is 7.85. The number of ether oxygens (including phenoxy) is 1. The second-order valence-electron chi connectivity index (χ2n) is 6.96. The highest BCUT2D eigenvalue weighted by Gasteiger charge is 2.15. The van der Waals surface area contributed by atoms with Gasteiger partial charge < -0.3 is 10.5 Å². The average Bonchev–Trinajstić information content (AvgIpc) is 2.77. The van der Waals surface area contributed by atoms with Gasteiger partial charge in [-0.15, -0.1) is 0 Å². The Hall–Kier alpha value is -3.00. The molecule has 3 N–H and O–H groups in total. The Kier molecular flexibility index (Phi) is 9.40. The van der Waals surface area contributed by atoms with Crippen LogP contribution in [-0.4, -0.2) is 25.0 Å². The van der Waals surface area contributed by atoms with Crippen LogP contribution < -0.4 is 5.73 Å². The summed E-state index contributed by atoms with van der Waals surface area (Å²) in [6.45, 7) is 1.90. The molecule has 6 nitrogen and oxygen atoms in total. The Balaban J connectivity index is 0.000000262. The quantitative estimate of drug-likeness (QED) is 0.425. The Morgan fingerprint density at radius 1 is 0.903 bits per heavy atom. The highest BCUT2D eigenvalue weighted by Crippen LogP contribution is 2.12. The van der Waals surface area contributed by atoms with Gasteiger partial charge in [-0.3, -0.25) is 9.35 Å². The standard InChI is InChI=1S/C17H19NO2.C7H8O3S/c18-16(12-11-14-7-3-1-4-8-14)17(19)20-13-15-9-5-2-6-10-15;1-6-4-2-3-5-7(6)11(8,9)10/h1-10,16H,11-13,18H2;2-5H,1H3,(H,8,9,10). The van der Waals surface area contributed by atoms with Gasteiger partial charge in [0.05, 0.1) is 4.90 Å². The maximum atomic E-state index is 11.8. The van der Waals surface area contributed by atoms with E-state index in [0.717, 1.165) is 12.0 Å². The largest absolute Gasteiger partial charge is 0.460 e. The van der Waals surface area contributed by atoms with E-state index in [1.54, 1.807) is 25.1 Å². The summed E-state index contributed by atoms with van der Waals surface area (Å²) in [4.78, 5) is 11.8. The maximum absolute atomic E-state index is 11.8. The van der Waals surface area contributed by atoms with Crippen molar-refractivity contribution in [2.24, 2.45) is 5.73 Å². The molecule has 3 aromatic carbocycles. The van der Waals surface area contributed by atoms with E-state index in [9.17, 15) is 13.2 Å². The minimum atomic E-state index is -4.03.